The summed E-state index contributed by atoms with van der Waals surface area (Å²) in [5, 5.41) is 2.40. The number of ketones is 1. The van der Waals surface area contributed by atoms with E-state index in [-0.39, 0.29) is 25.4 Å². The van der Waals surface area contributed by atoms with Crippen LogP contribution in [0.1, 0.15) is 54.4 Å². The molecule has 0 fully saturated rings. The van der Waals surface area contributed by atoms with Crippen LogP contribution >= 0.6 is 0 Å². The van der Waals surface area contributed by atoms with Crippen LogP contribution in [0.5, 0.6) is 0 Å². The molecule has 8 heteroatoms. The number of hydrogen-bond acceptors (Lipinski definition) is 7. The summed E-state index contributed by atoms with van der Waals surface area (Å²) in [6, 6.07) is -1.13. The van der Waals surface area contributed by atoms with Crippen LogP contribution in [-0.4, -0.2) is 55.1 Å². The van der Waals surface area contributed by atoms with Crippen molar-refractivity contribution in [3.05, 3.63) is 0 Å². The van der Waals surface area contributed by atoms with E-state index in [1.165, 1.54) is 13.3 Å². The molecule has 8 nitrogen and oxygen atoms in total. The summed E-state index contributed by atoms with van der Waals surface area (Å²) in [7, 11) is 1.49. The molecule has 0 rings (SSSR count). The summed E-state index contributed by atoms with van der Waals surface area (Å²) >= 11 is 0. The van der Waals surface area contributed by atoms with E-state index >= 15 is 0 Å². The zero-order valence-electron chi connectivity index (χ0n) is 16.2. The first kappa shape index (κ1) is 23.0. The van der Waals surface area contributed by atoms with E-state index < -0.39 is 29.3 Å². The number of ether oxygens (including phenoxy) is 3. The molecule has 0 spiro atoms. The highest BCUT2D eigenvalue weighted by Crippen LogP contribution is 2.12. The summed E-state index contributed by atoms with van der Waals surface area (Å²) in [4.78, 5) is 40.1. The molecule has 0 heterocycles. The monoisotopic (exact) mass is 358 g/mol. The first-order valence-corrected chi connectivity index (χ1v) is 8.05. The van der Waals surface area contributed by atoms with Crippen LogP contribution in [0.4, 0.5) is 4.79 Å². The first-order valence-electron chi connectivity index (χ1n) is 8.05. The molecule has 1 atom stereocenters. The van der Waals surface area contributed by atoms with Crippen LogP contribution in [-0.2, 0) is 23.8 Å². The van der Waals surface area contributed by atoms with Crippen LogP contribution in [0, 0.1) is 0 Å². The van der Waals surface area contributed by atoms with Gasteiger partial charge in [0, 0.05) is 26.2 Å². The van der Waals surface area contributed by atoms with Crippen molar-refractivity contribution in [1.82, 2.24) is 5.32 Å². The van der Waals surface area contributed by atoms with E-state index in [4.69, 9.17) is 14.2 Å². The molecule has 0 saturated carbocycles. The number of alkyl carbamates (subject to hydrolysis) is 1. The van der Waals surface area contributed by atoms with Gasteiger partial charge in [0.25, 0.3) is 0 Å². The van der Waals surface area contributed by atoms with Crippen LogP contribution < -0.4 is 5.32 Å². The number of methoxy groups -OCH3 is 1. The number of aliphatic imine (C=N–C) groups is 1. The lowest BCUT2D eigenvalue weighted by Gasteiger charge is -2.26. The van der Waals surface area contributed by atoms with Crippen LogP contribution in [0.25, 0.3) is 0 Å². The number of Topliss-reactive ketones (excluding diaryl/α,β-unsaturated/α-hetero) is 1. The number of rotatable bonds is 8. The summed E-state index contributed by atoms with van der Waals surface area (Å²) in [6.45, 7) is 10.4. The second kappa shape index (κ2) is 10.1. The molecule has 1 amide bonds. The Morgan fingerprint density at radius 3 is 2.08 bits per heavy atom. The molecular weight excluding hydrogens is 328 g/mol. The Hall–Kier alpha value is -1.96. The molecular formula is C17H30N2O6. The largest absolute Gasteiger partial charge is 0.458 e. The number of nitrogens with zero attached hydrogens (tertiary/aromatic N) is 1. The van der Waals surface area contributed by atoms with Crippen molar-refractivity contribution in [3.63, 3.8) is 0 Å². The van der Waals surface area contributed by atoms with Gasteiger partial charge in [-0.1, -0.05) is 0 Å². The van der Waals surface area contributed by atoms with E-state index in [0.717, 1.165) is 0 Å². The number of esters is 1. The van der Waals surface area contributed by atoms with Crippen LogP contribution in [0.2, 0.25) is 0 Å². The standard InChI is InChI=1S/C17H30N2O6/c1-16(2,3)24-14(21)13(19-15(22)25-17(4,5)6)10-12(20)8-9-18-11-23-7/h9,13H,8,10-11H2,1-7H3,(H,19,22). The molecule has 0 saturated heterocycles. The van der Waals surface area contributed by atoms with Gasteiger partial charge in [0.05, 0.1) is 0 Å². The molecule has 0 aromatic rings. The Morgan fingerprint density at radius 2 is 1.60 bits per heavy atom. The maximum Gasteiger partial charge on any atom is 0.408 e. The molecule has 0 aliphatic carbocycles. The zero-order chi connectivity index (χ0) is 19.7. The quantitative estimate of drug-likeness (QED) is 0.527. The smallest absolute Gasteiger partial charge is 0.408 e. The average Bonchev–Trinajstić information content (AvgIpc) is 2.39. The highest BCUT2D eigenvalue weighted by molar-refractivity contribution is 5.95. The van der Waals surface area contributed by atoms with E-state index in [2.05, 4.69) is 10.3 Å². The highest BCUT2D eigenvalue weighted by atomic mass is 16.6. The number of hydrogen-bond donors (Lipinski definition) is 1. The van der Waals surface area contributed by atoms with Gasteiger partial charge in [0.15, 0.2) is 0 Å². The predicted octanol–water partition coefficient (Wildman–Crippen LogP) is 2.25. The van der Waals surface area contributed by atoms with Crippen molar-refractivity contribution in [2.75, 3.05) is 13.8 Å². The lowest BCUT2D eigenvalue weighted by atomic mass is 10.1. The van der Waals surface area contributed by atoms with E-state index in [0.29, 0.717) is 0 Å². The maximum absolute atomic E-state index is 12.3. The van der Waals surface area contributed by atoms with Gasteiger partial charge < -0.3 is 19.5 Å². The highest BCUT2D eigenvalue weighted by Gasteiger charge is 2.30. The van der Waals surface area contributed by atoms with Crippen molar-refractivity contribution in [3.8, 4) is 0 Å². The fourth-order valence-electron chi connectivity index (χ4n) is 1.62. The van der Waals surface area contributed by atoms with Gasteiger partial charge in [-0.3, -0.25) is 9.79 Å². The Morgan fingerprint density at radius 1 is 1.04 bits per heavy atom. The van der Waals surface area contributed by atoms with Crippen LogP contribution in [0.15, 0.2) is 4.99 Å². The minimum Gasteiger partial charge on any atom is -0.458 e. The van der Waals surface area contributed by atoms with Gasteiger partial charge in [-0.15, -0.1) is 0 Å². The first-order chi connectivity index (χ1) is 11.3. The normalized spacial score (nSPS) is 13.4. The molecule has 0 aromatic carbocycles. The van der Waals surface area contributed by atoms with Crippen molar-refractivity contribution < 1.29 is 28.6 Å². The van der Waals surface area contributed by atoms with Gasteiger partial charge in [0.2, 0.25) is 0 Å². The number of nitrogens with one attached hydrogen (secondary N) is 1. The Balaban J connectivity index is 4.91. The molecule has 0 aromatic heterocycles. The fraction of sp³-hybridized carbons (Fsp3) is 0.765. The van der Waals surface area contributed by atoms with Gasteiger partial charge in [-0.2, -0.15) is 0 Å². The predicted molar refractivity (Wildman–Crippen MR) is 93.6 cm³/mol. The molecule has 0 bridgehead atoms. The number of amides is 1. The number of carbonyl (C=O) groups is 3. The summed E-state index contributed by atoms with van der Waals surface area (Å²) in [5.41, 5.74) is -1.46. The van der Waals surface area contributed by atoms with Crippen molar-refractivity contribution in [2.45, 2.75) is 71.6 Å². The van der Waals surface area contributed by atoms with Crippen molar-refractivity contribution in [2.24, 2.45) is 4.99 Å². The lowest BCUT2D eigenvalue weighted by molar-refractivity contribution is -0.158. The zero-order valence-corrected chi connectivity index (χ0v) is 16.2. The average molecular weight is 358 g/mol. The Bertz CT molecular complexity index is 488. The summed E-state index contributed by atoms with van der Waals surface area (Å²) in [5.74, 6) is -0.965. The maximum atomic E-state index is 12.3. The third-order valence-electron chi connectivity index (χ3n) is 2.47. The third kappa shape index (κ3) is 13.1. The molecule has 144 valence electrons. The second-order valence-corrected chi connectivity index (χ2v) is 7.46. The second-order valence-electron chi connectivity index (χ2n) is 7.46. The minimum atomic E-state index is -1.13. The summed E-state index contributed by atoms with van der Waals surface area (Å²) in [6.07, 6.45) is 0.432. The molecule has 1 unspecified atom stereocenters. The van der Waals surface area contributed by atoms with Gasteiger partial charge >= 0.3 is 12.1 Å². The lowest BCUT2D eigenvalue weighted by Crippen LogP contribution is -2.47. The molecule has 0 aliphatic heterocycles. The topological polar surface area (TPSA) is 103 Å². The third-order valence-corrected chi connectivity index (χ3v) is 2.47. The van der Waals surface area contributed by atoms with Crippen molar-refractivity contribution >= 4 is 24.1 Å². The van der Waals surface area contributed by atoms with Crippen LogP contribution in [0.3, 0.4) is 0 Å². The molecule has 25 heavy (non-hydrogen) atoms. The number of carbonyl (C=O) groups excluding carboxylic acids is 3. The fourth-order valence-corrected chi connectivity index (χ4v) is 1.62. The minimum absolute atomic E-state index is 0.0264. The van der Waals surface area contributed by atoms with Crippen molar-refractivity contribution in [1.29, 1.82) is 0 Å². The Labute approximate surface area is 149 Å². The van der Waals surface area contributed by atoms with Gasteiger partial charge in [-0.25, -0.2) is 9.59 Å². The SMILES string of the molecule is COCN=CCC(=O)CC(NC(=O)OC(C)(C)C)C(=O)OC(C)(C)C. The molecule has 0 radical (unpaired) electrons. The van der Waals surface area contributed by atoms with E-state index in [1.54, 1.807) is 41.5 Å². The van der Waals surface area contributed by atoms with Gasteiger partial charge in [-0.05, 0) is 41.5 Å². The van der Waals surface area contributed by atoms with E-state index in [9.17, 15) is 14.4 Å². The Kier molecular flexibility index (Phi) is 9.33. The molecule has 0 aliphatic rings. The molecule has 1 N–H and O–H groups in total. The summed E-state index contributed by atoms with van der Waals surface area (Å²) < 4.78 is 15.1. The van der Waals surface area contributed by atoms with Gasteiger partial charge in [0.1, 0.15) is 29.8 Å². The van der Waals surface area contributed by atoms with E-state index in [1.807, 2.05) is 0 Å².